The minimum Gasteiger partial charge on any atom is -0.497 e. The molecule has 7 nitrogen and oxygen atoms in total. The van der Waals surface area contributed by atoms with Crippen LogP contribution in [-0.4, -0.2) is 35.7 Å². The van der Waals surface area contributed by atoms with Crippen LogP contribution in [-0.2, 0) is 14.8 Å². The van der Waals surface area contributed by atoms with Gasteiger partial charge in [0.05, 0.1) is 32.6 Å². The van der Waals surface area contributed by atoms with Crippen molar-refractivity contribution < 1.29 is 27.4 Å². The molecule has 0 saturated carbocycles. The number of nitrogens with one attached hydrogen (secondary N) is 1. The topological polar surface area (TPSA) is 90.9 Å². The van der Waals surface area contributed by atoms with E-state index in [0.717, 1.165) is 0 Å². The number of methoxy groups -OCH3 is 3. The Balaban J connectivity index is 2.45. The maximum atomic E-state index is 12.7. The van der Waals surface area contributed by atoms with E-state index in [4.69, 9.17) is 9.47 Å². The quantitative estimate of drug-likeness (QED) is 0.803. The fourth-order valence-corrected chi connectivity index (χ4v) is 3.29. The third-order valence-corrected chi connectivity index (χ3v) is 4.64. The number of hydrogen-bond donors (Lipinski definition) is 1. The Labute approximate surface area is 140 Å². The molecule has 0 saturated heterocycles. The van der Waals surface area contributed by atoms with E-state index in [2.05, 4.69) is 9.46 Å². The molecule has 0 unspecified atom stereocenters. The van der Waals surface area contributed by atoms with Gasteiger partial charge in [0.25, 0.3) is 10.0 Å². The number of sulfonamides is 1. The number of rotatable bonds is 6. The van der Waals surface area contributed by atoms with E-state index in [9.17, 15) is 13.2 Å². The SMILES string of the molecule is COC(=O)c1ccccc1NS(=O)(=O)c1ccc(OC)cc1OC. The predicted octanol–water partition coefficient (Wildman–Crippen LogP) is 2.29. The Hall–Kier alpha value is -2.74. The molecule has 24 heavy (non-hydrogen) atoms. The highest BCUT2D eigenvalue weighted by atomic mass is 32.2. The van der Waals surface area contributed by atoms with Crippen molar-refractivity contribution in [2.75, 3.05) is 26.1 Å². The van der Waals surface area contributed by atoms with Gasteiger partial charge in [0.1, 0.15) is 16.4 Å². The van der Waals surface area contributed by atoms with Crippen molar-refractivity contribution in [1.29, 1.82) is 0 Å². The van der Waals surface area contributed by atoms with Gasteiger partial charge in [-0.2, -0.15) is 0 Å². The van der Waals surface area contributed by atoms with E-state index >= 15 is 0 Å². The summed E-state index contributed by atoms with van der Waals surface area (Å²) in [5.41, 5.74) is 0.221. The van der Waals surface area contributed by atoms with Gasteiger partial charge >= 0.3 is 5.97 Å². The molecule has 0 aliphatic heterocycles. The Morgan fingerprint density at radius 2 is 1.71 bits per heavy atom. The molecule has 0 amide bonds. The first-order valence-corrected chi connectivity index (χ1v) is 8.33. The Morgan fingerprint density at radius 3 is 2.33 bits per heavy atom. The fourth-order valence-electron chi connectivity index (χ4n) is 2.06. The summed E-state index contributed by atoms with van der Waals surface area (Å²) in [6.45, 7) is 0. The second-order valence-electron chi connectivity index (χ2n) is 4.66. The third kappa shape index (κ3) is 3.60. The molecule has 0 radical (unpaired) electrons. The lowest BCUT2D eigenvalue weighted by molar-refractivity contribution is 0.0602. The molecule has 0 aromatic heterocycles. The van der Waals surface area contributed by atoms with E-state index in [-0.39, 0.29) is 21.9 Å². The second kappa shape index (κ2) is 7.22. The van der Waals surface area contributed by atoms with Crippen LogP contribution < -0.4 is 14.2 Å². The molecule has 1 N–H and O–H groups in total. The molecule has 0 bridgehead atoms. The van der Waals surface area contributed by atoms with Crippen molar-refractivity contribution in [1.82, 2.24) is 0 Å². The summed E-state index contributed by atoms with van der Waals surface area (Å²) in [5, 5.41) is 0. The van der Waals surface area contributed by atoms with Gasteiger partial charge in [-0.1, -0.05) is 12.1 Å². The minimum atomic E-state index is -3.98. The van der Waals surface area contributed by atoms with Crippen molar-refractivity contribution in [3.8, 4) is 11.5 Å². The first-order valence-electron chi connectivity index (χ1n) is 6.85. The van der Waals surface area contributed by atoms with Gasteiger partial charge in [-0.25, -0.2) is 13.2 Å². The smallest absolute Gasteiger partial charge is 0.339 e. The van der Waals surface area contributed by atoms with Gasteiger partial charge in [0.2, 0.25) is 0 Å². The van der Waals surface area contributed by atoms with E-state index in [1.165, 1.54) is 51.7 Å². The van der Waals surface area contributed by atoms with Crippen LogP contribution in [0.4, 0.5) is 5.69 Å². The fraction of sp³-hybridized carbons (Fsp3) is 0.188. The summed E-state index contributed by atoms with van der Waals surface area (Å²) in [7, 11) is 0.0621. The number of ether oxygens (including phenoxy) is 3. The molecule has 2 aromatic carbocycles. The number of anilines is 1. The average molecular weight is 351 g/mol. The van der Waals surface area contributed by atoms with Crippen LogP contribution >= 0.6 is 0 Å². The van der Waals surface area contributed by atoms with Crippen LogP contribution in [0.2, 0.25) is 0 Å². The molecule has 0 fully saturated rings. The van der Waals surface area contributed by atoms with Crippen LogP contribution in [0.15, 0.2) is 47.4 Å². The molecule has 2 rings (SSSR count). The number of carbonyl (C=O) groups excluding carboxylic acids is 1. The largest absolute Gasteiger partial charge is 0.497 e. The highest BCUT2D eigenvalue weighted by molar-refractivity contribution is 7.92. The van der Waals surface area contributed by atoms with Crippen LogP contribution in [0.3, 0.4) is 0 Å². The summed E-state index contributed by atoms with van der Waals surface area (Å²) < 4.78 is 42.5. The Kier molecular flexibility index (Phi) is 5.30. The zero-order valence-corrected chi connectivity index (χ0v) is 14.2. The lowest BCUT2D eigenvalue weighted by Gasteiger charge is -2.14. The van der Waals surface area contributed by atoms with E-state index < -0.39 is 16.0 Å². The summed E-state index contributed by atoms with van der Waals surface area (Å²) in [6.07, 6.45) is 0. The monoisotopic (exact) mass is 351 g/mol. The van der Waals surface area contributed by atoms with Crippen LogP contribution in [0.25, 0.3) is 0 Å². The molecule has 0 atom stereocenters. The average Bonchev–Trinajstić information content (AvgIpc) is 2.60. The maximum Gasteiger partial charge on any atom is 0.339 e. The zero-order chi connectivity index (χ0) is 17.7. The lowest BCUT2D eigenvalue weighted by atomic mass is 10.2. The molecule has 0 aliphatic carbocycles. The second-order valence-corrected chi connectivity index (χ2v) is 6.31. The molecule has 0 spiro atoms. The zero-order valence-electron chi connectivity index (χ0n) is 13.4. The third-order valence-electron chi connectivity index (χ3n) is 3.24. The van der Waals surface area contributed by atoms with Crippen molar-refractivity contribution in [3.05, 3.63) is 48.0 Å². The lowest BCUT2D eigenvalue weighted by Crippen LogP contribution is -2.17. The highest BCUT2D eigenvalue weighted by Gasteiger charge is 2.22. The van der Waals surface area contributed by atoms with E-state index in [1.807, 2.05) is 0 Å². The molecule has 2 aromatic rings. The first kappa shape index (κ1) is 17.6. The number of hydrogen-bond acceptors (Lipinski definition) is 6. The number of esters is 1. The van der Waals surface area contributed by atoms with Crippen molar-refractivity contribution in [2.45, 2.75) is 4.90 Å². The predicted molar refractivity (Wildman–Crippen MR) is 88.1 cm³/mol. The number of carbonyl (C=O) groups is 1. The molecule has 128 valence electrons. The molecule has 8 heteroatoms. The molecular weight excluding hydrogens is 334 g/mol. The Bertz CT molecular complexity index is 847. The van der Waals surface area contributed by atoms with Crippen molar-refractivity contribution in [2.24, 2.45) is 0 Å². The molecule has 0 heterocycles. The van der Waals surface area contributed by atoms with E-state index in [0.29, 0.717) is 5.75 Å². The summed E-state index contributed by atoms with van der Waals surface area (Å²) in [4.78, 5) is 11.7. The number of benzene rings is 2. The molecule has 0 aliphatic rings. The Morgan fingerprint density at radius 1 is 1.00 bits per heavy atom. The maximum absolute atomic E-state index is 12.7. The van der Waals surface area contributed by atoms with Crippen LogP contribution in [0, 0.1) is 0 Å². The van der Waals surface area contributed by atoms with Gasteiger partial charge in [-0.15, -0.1) is 0 Å². The van der Waals surface area contributed by atoms with Crippen molar-refractivity contribution in [3.63, 3.8) is 0 Å². The highest BCUT2D eigenvalue weighted by Crippen LogP contribution is 2.30. The van der Waals surface area contributed by atoms with Gasteiger partial charge in [-0.3, -0.25) is 4.72 Å². The van der Waals surface area contributed by atoms with Crippen LogP contribution in [0.5, 0.6) is 11.5 Å². The van der Waals surface area contributed by atoms with Crippen LogP contribution in [0.1, 0.15) is 10.4 Å². The summed E-state index contributed by atoms with van der Waals surface area (Å²) in [6, 6.07) is 10.5. The van der Waals surface area contributed by atoms with Gasteiger partial charge < -0.3 is 14.2 Å². The van der Waals surface area contributed by atoms with E-state index in [1.54, 1.807) is 12.1 Å². The van der Waals surface area contributed by atoms with Gasteiger partial charge in [-0.05, 0) is 24.3 Å². The van der Waals surface area contributed by atoms with Crippen molar-refractivity contribution >= 4 is 21.7 Å². The van der Waals surface area contributed by atoms with Gasteiger partial charge in [0.15, 0.2) is 0 Å². The number of para-hydroxylation sites is 1. The van der Waals surface area contributed by atoms with Gasteiger partial charge in [0, 0.05) is 6.07 Å². The first-order chi connectivity index (χ1) is 11.4. The molecular formula is C16H17NO6S. The minimum absolute atomic E-state index is 0.0783. The summed E-state index contributed by atoms with van der Waals surface area (Å²) in [5.74, 6) is -0.0619. The summed E-state index contributed by atoms with van der Waals surface area (Å²) >= 11 is 0. The normalized spacial score (nSPS) is 10.8. The standard InChI is InChI=1S/C16H17NO6S/c1-21-11-8-9-15(14(10-11)22-2)24(19,20)17-13-7-5-4-6-12(13)16(18)23-3/h4-10,17H,1-3H3.